The Bertz CT molecular complexity index is 1180. The molecular formula is C24H23N3O5. The van der Waals surface area contributed by atoms with Crippen LogP contribution in [-0.4, -0.2) is 35.7 Å². The maximum Gasteiger partial charge on any atom is 0.339 e. The minimum atomic E-state index is -0.635. The molecule has 3 N–H and O–H groups in total. The smallest absolute Gasteiger partial charge is 0.339 e. The number of anilines is 2. The molecule has 2 amide bonds. The van der Waals surface area contributed by atoms with Crippen molar-refractivity contribution in [3.63, 3.8) is 0 Å². The van der Waals surface area contributed by atoms with Gasteiger partial charge in [0.2, 0.25) is 5.91 Å². The first-order valence-corrected chi connectivity index (χ1v) is 9.87. The quantitative estimate of drug-likeness (QED) is 0.388. The highest BCUT2D eigenvalue weighted by atomic mass is 16.5. The number of ether oxygens (including phenoxy) is 1. The highest BCUT2D eigenvalue weighted by Gasteiger charge is 2.24. The summed E-state index contributed by atoms with van der Waals surface area (Å²) in [6, 6.07) is 15.5. The Hall–Kier alpha value is -4.20. The molecular weight excluding hydrogens is 410 g/mol. The fourth-order valence-corrected chi connectivity index (χ4v) is 3.36. The van der Waals surface area contributed by atoms with Crippen molar-refractivity contribution in [2.75, 3.05) is 17.7 Å². The third kappa shape index (κ3) is 4.92. The molecule has 164 valence electrons. The Morgan fingerprint density at radius 3 is 2.09 bits per heavy atom. The van der Waals surface area contributed by atoms with Gasteiger partial charge in [-0.2, -0.15) is 0 Å². The maximum atomic E-state index is 12.8. The average molecular weight is 433 g/mol. The average Bonchev–Trinajstić information content (AvgIpc) is 3.11. The first kappa shape index (κ1) is 22.5. The van der Waals surface area contributed by atoms with Gasteiger partial charge < -0.3 is 20.4 Å². The molecule has 0 atom stereocenters. The second kappa shape index (κ2) is 9.74. The molecule has 0 unspecified atom stereocenters. The van der Waals surface area contributed by atoms with E-state index in [1.54, 1.807) is 55.5 Å². The van der Waals surface area contributed by atoms with Crippen LogP contribution >= 0.6 is 0 Å². The molecule has 2 aromatic carbocycles. The number of H-pyrrole nitrogens is 1. The molecule has 0 aliphatic carbocycles. The van der Waals surface area contributed by atoms with Gasteiger partial charge in [0.05, 0.1) is 36.2 Å². The van der Waals surface area contributed by atoms with Gasteiger partial charge in [0.15, 0.2) is 5.78 Å². The van der Waals surface area contributed by atoms with Crippen molar-refractivity contribution in [2.45, 2.75) is 20.3 Å². The number of methoxy groups -OCH3 is 1. The van der Waals surface area contributed by atoms with Crippen molar-refractivity contribution < 1.29 is 23.9 Å². The highest BCUT2D eigenvalue weighted by molar-refractivity contribution is 6.07. The predicted octanol–water partition coefficient (Wildman–Crippen LogP) is 3.75. The first-order valence-electron chi connectivity index (χ1n) is 9.87. The summed E-state index contributed by atoms with van der Waals surface area (Å²) in [5, 5.41) is 5.53. The van der Waals surface area contributed by atoms with Crippen LogP contribution < -0.4 is 10.6 Å². The van der Waals surface area contributed by atoms with Crippen molar-refractivity contribution in [3.8, 4) is 0 Å². The molecule has 0 radical (unpaired) electrons. The standard InChI is InChI=1S/C24H23N3O5/c1-14-21(24(31)32-3)19(26-22(14)15(2)28)13-20(29)25-17-11-7-8-12-18(17)27-23(30)16-9-5-4-6-10-16/h4-12,26H,13H2,1-3H3,(H,25,29)(H,27,30). The minimum absolute atomic E-state index is 0.165. The zero-order valence-electron chi connectivity index (χ0n) is 17.9. The molecule has 32 heavy (non-hydrogen) atoms. The molecule has 0 aliphatic rings. The number of ketones is 1. The third-order valence-corrected chi connectivity index (χ3v) is 4.89. The van der Waals surface area contributed by atoms with Gasteiger partial charge in [0, 0.05) is 18.2 Å². The molecule has 0 spiro atoms. The molecule has 0 saturated heterocycles. The van der Waals surface area contributed by atoms with Gasteiger partial charge >= 0.3 is 5.97 Å². The van der Waals surface area contributed by atoms with Crippen LogP contribution in [0.1, 0.15) is 49.4 Å². The van der Waals surface area contributed by atoms with E-state index in [-0.39, 0.29) is 35.1 Å². The number of aromatic amines is 1. The van der Waals surface area contributed by atoms with Crippen molar-refractivity contribution in [2.24, 2.45) is 0 Å². The summed E-state index contributed by atoms with van der Waals surface area (Å²) in [4.78, 5) is 52.2. The number of carbonyl (C=O) groups excluding carboxylic acids is 4. The van der Waals surface area contributed by atoms with Crippen LogP contribution in [0.15, 0.2) is 54.6 Å². The largest absolute Gasteiger partial charge is 0.465 e. The SMILES string of the molecule is COC(=O)c1c(CC(=O)Nc2ccccc2NC(=O)c2ccccc2)[nH]c(C(C)=O)c1C. The number of amides is 2. The summed E-state index contributed by atoms with van der Waals surface area (Å²) in [6.07, 6.45) is -0.195. The summed E-state index contributed by atoms with van der Waals surface area (Å²) in [5.74, 6) is -1.64. The van der Waals surface area contributed by atoms with Crippen molar-refractivity contribution >= 4 is 34.9 Å². The van der Waals surface area contributed by atoms with E-state index in [0.717, 1.165) is 0 Å². The van der Waals surface area contributed by atoms with Gasteiger partial charge in [0.25, 0.3) is 5.91 Å². The normalized spacial score (nSPS) is 10.3. The number of esters is 1. The maximum absolute atomic E-state index is 12.8. The van der Waals surface area contributed by atoms with E-state index in [1.165, 1.54) is 14.0 Å². The highest BCUT2D eigenvalue weighted by Crippen LogP contribution is 2.24. The zero-order valence-corrected chi connectivity index (χ0v) is 17.9. The van der Waals surface area contributed by atoms with Gasteiger partial charge in [-0.25, -0.2) is 4.79 Å². The Labute approximate surface area is 185 Å². The molecule has 0 aliphatic heterocycles. The molecule has 3 rings (SSSR count). The molecule has 1 aromatic heterocycles. The number of Topliss-reactive ketones (excluding diaryl/α,β-unsaturated/α-hetero) is 1. The molecule has 8 heteroatoms. The monoisotopic (exact) mass is 433 g/mol. The lowest BCUT2D eigenvalue weighted by molar-refractivity contribution is -0.115. The number of benzene rings is 2. The fourth-order valence-electron chi connectivity index (χ4n) is 3.36. The van der Waals surface area contributed by atoms with E-state index in [2.05, 4.69) is 15.6 Å². The van der Waals surface area contributed by atoms with E-state index in [4.69, 9.17) is 4.74 Å². The molecule has 8 nitrogen and oxygen atoms in total. The Kier molecular flexibility index (Phi) is 6.84. The van der Waals surface area contributed by atoms with Gasteiger partial charge in [-0.15, -0.1) is 0 Å². The number of hydrogen-bond donors (Lipinski definition) is 3. The third-order valence-electron chi connectivity index (χ3n) is 4.89. The van der Waals surface area contributed by atoms with Crippen LogP contribution in [0.2, 0.25) is 0 Å². The van der Waals surface area contributed by atoms with Gasteiger partial charge in [0.1, 0.15) is 0 Å². The minimum Gasteiger partial charge on any atom is -0.465 e. The molecule has 0 fully saturated rings. The number of aromatic nitrogens is 1. The van der Waals surface area contributed by atoms with Crippen molar-refractivity contribution in [1.82, 2.24) is 4.98 Å². The Morgan fingerprint density at radius 2 is 1.50 bits per heavy atom. The number of hydrogen-bond acceptors (Lipinski definition) is 5. The van der Waals surface area contributed by atoms with E-state index >= 15 is 0 Å². The topological polar surface area (TPSA) is 117 Å². The van der Waals surface area contributed by atoms with Crippen molar-refractivity contribution in [1.29, 1.82) is 0 Å². The van der Waals surface area contributed by atoms with E-state index in [9.17, 15) is 19.2 Å². The Balaban J connectivity index is 1.81. The van der Waals surface area contributed by atoms with Crippen LogP contribution in [0.5, 0.6) is 0 Å². The summed E-state index contributed by atoms with van der Waals surface area (Å²) in [7, 11) is 1.23. The van der Waals surface area contributed by atoms with Crippen LogP contribution in [0, 0.1) is 6.92 Å². The summed E-state index contributed by atoms with van der Waals surface area (Å²) < 4.78 is 4.81. The van der Waals surface area contributed by atoms with Crippen LogP contribution in [0.25, 0.3) is 0 Å². The second-order valence-electron chi connectivity index (χ2n) is 7.12. The lowest BCUT2D eigenvalue weighted by Crippen LogP contribution is -2.19. The van der Waals surface area contributed by atoms with Gasteiger partial charge in [-0.1, -0.05) is 30.3 Å². The number of carbonyl (C=O) groups is 4. The summed E-state index contributed by atoms with van der Waals surface area (Å²) in [6.45, 7) is 2.99. The molecule has 0 saturated carbocycles. The van der Waals surface area contributed by atoms with E-state index in [1.807, 2.05) is 6.07 Å². The number of para-hydroxylation sites is 2. The Morgan fingerprint density at radius 1 is 0.906 bits per heavy atom. The van der Waals surface area contributed by atoms with Gasteiger partial charge in [-0.3, -0.25) is 14.4 Å². The lowest BCUT2D eigenvalue weighted by Gasteiger charge is -2.12. The van der Waals surface area contributed by atoms with Gasteiger partial charge in [-0.05, 0) is 36.8 Å². The molecule has 0 bridgehead atoms. The van der Waals surface area contributed by atoms with Crippen molar-refractivity contribution in [3.05, 3.63) is 82.7 Å². The summed E-state index contributed by atoms with van der Waals surface area (Å²) >= 11 is 0. The van der Waals surface area contributed by atoms with E-state index < -0.39 is 11.9 Å². The summed E-state index contributed by atoms with van der Waals surface area (Å²) in [5.41, 5.74) is 2.44. The van der Waals surface area contributed by atoms with Crippen LogP contribution in [-0.2, 0) is 16.0 Å². The first-order chi connectivity index (χ1) is 15.3. The van der Waals surface area contributed by atoms with Crippen LogP contribution in [0.4, 0.5) is 11.4 Å². The zero-order chi connectivity index (χ0) is 23.3. The number of nitrogens with one attached hydrogen (secondary N) is 3. The molecule has 3 aromatic rings. The fraction of sp³-hybridized carbons (Fsp3) is 0.167. The predicted molar refractivity (Wildman–Crippen MR) is 120 cm³/mol. The number of rotatable bonds is 7. The molecule has 1 heterocycles. The lowest BCUT2D eigenvalue weighted by atomic mass is 10.1. The second-order valence-corrected chi connectivity index (χ2v) is 7.12. The van der Waals surface area contributed by atoms with Crippen LogP contribution in [0.3, 0.4) is 0 Å². The van der Waals surface area contributed by atoms with E-state index in [0.29, 0.717) is 22.5 Å².